The minimum atomic E-state index is -0.0782. The van der Waals surface area contributed by atoms with E-state index in [9.17, 15) is 5.26 Å². The molecule has 0 bridgehead atoms. The molecular weight excluding hydrogens is 252 g/mol. The van der Waals surface area contributed by atoms with Crippen LogP contribution in [-0.4, -0.2) is 21.6 Å². The number of aromatic nitrogens is 3. The maximum absolute atomic E-state index is 9.20. The van der Waals surface area contributed by atoms with Crippen molar-refractivity contribution in [3.05, 3.63) is 41.2 Å². The van der Waals surface area contributed by atoms with Gasteiger partial charge < -0.3 is 4.74 Å². The molecule has 0 radical (unpaired) electrons. The molecule has 20 heavy (non-hydrogen) atoms. The Morgan fingerprint density at radius 3 is 2.80 bits per heavy atom. The van der Waals surface area contributed by atoms with Gasteiger partial charge in [0, 0.05) is 6.61 Å². The molecule has 1 unspecified atom stereocenters. The number of nitrogens with zero attached hydrogens (tertiary/aromatic N) is 4. The third kappa shape index (κ3) is 2.19. The fraction of sp³-hybridized carbons (Fsp3) is 0.400. The van der Waals surface area contributed by atoms with E-state index >= 15 is 0 Å². The molecule has 5 nitrogen and oxygen atoms in total. The average molecular weight is 268 g/mol. The maximum atomic E-state index is 9.20. The fourth-order valence-electron chi connectivity index (χ4n) is 2.51. The van der Waals surface area contributed by atoms with E-state index in [0.29, 0.717) is 5.69 Å². The predicted molar refractivity (Wildman–Crippen MR) is 73.4 cm³/mol. The first-order valence-corrected chi connectivity index (χ1v) is 6.90. The highest BCUT2D eigenvalue weighted by molar-refractivity contribution is 5.39. The highest BCUT2D eigenvalue weighted by Gasteiger charge is 2.27. The molecule has 3 rings (SSSR count). The number of rotatable bonds is 3. The molecule has 0 N–H and O–H groups in total. The van der Waals surface area contributed by atoms with Crippen molar-refractivity contribution < 1.29 is 4.74 Å². The lowest BCUT2D eigenvalue weighted by Gasteiger charge is -2.12. The van der Waals surface area contributed by atoms with Crippen molar-refractivity contribution in [1.29, 1.82) is 5.26 Å². The lowest BCUT2D eigenvalue weighted by Crippen LogP contribution is -2.08. The van der Waals surface area contributed by atoms with Crippen LogP contribution in [0, 0.1) is 11.3 Å². The van der Waals surface area contributed by atoms with Gasteiger partial charge in [-0.2, -0.15) is 5.26 Å². The second-order valence-electron chi connectivity index (χ2n) is 4.87. The molecule has 1 saturated heterocycles. The summed E-state index contributed by atoms with van der Waals surface area (Å²) < 4.78 is 7.43. The van der Waals surface area contributed by atoms with Crippen molar-refractivity contribution in [1.82, 2.24) is 15.0 Å². The molecule has 5 heteroatoms. The van der Waals surface area contributed by atoms with E-state index in [1.54, 1.807) is 4.68 Å². The average Bonchev–Trinajstić information content (AvgIpc) is 3.15. The van der Waals surface area contributed by atoms with Gasteiger partial charge in [0.25, 0.3) is 0 Å². The first-order valence-electron chi connectivity index (χ1n) is 6.90. The standard InChI is InChI=1S/C15H16N4O/c1-2-11-5-7-12(8-6-11)19-15(13(10-16)17-18-19)14-4-3-9-20-14/h5-8,14H,2-4,9H2,1H3. The zero-order valence-corrected chi connectivity index (χ0v) is 11.4. The van der Waals surface area contributed by atoms with Crippen molar-refractivity contribution in [3.63, 3.8) is 0 Å². The predicted octanol–water partition coefficient (Wildman–Crippen LogP) is 2.55. The van der Waals surface area contributed by atoms with Crippen LogP contribution in [0.5, 0.6) is 0 Å². The second kappa shape index (κ2) is 5.43. The zero-order chi connectivity index (χ0) is 13.9. The van der Waals surface area contributed by atoms with Crippen LogP contribution in [0.15, 0.2) is 24.3 Å². The van der Waals surface area contributed by atoms with Crippen LogP contribution in [0.4, 0.5) is 0 Å². The van der Waals surface area contributed by atoms with Crippen LogP contribution in [-0.2, 0) is 11.2 Å². The van der Waals surface area contributed by atoms with Crippen molar-refractivity contribution in [2.75, 3.05) is 6.61 Å². The third-order valence-corrected chi connectivity index (χ3v) is 3.63. The summed E-state index contributed by atoms with van der Waals surface area (Å²) in [6.07, 6.45) is 2.84. The van der Waals surface area contributed by atoms with Crippen molar-refractivity contribution >= 4 is 0 Å². The molecule has 0 spiro atoms. The topological polar surface area (TPSA) is 63.7 Å². The smallest absolute Gasteiger partial charge is 0.189 e. The molecule has 1 aromatic carbocycles. The van der Waals surface area contributed by atoms with Crippen LogP contribution in [0.2, 0.25) is 0 Å². The number of ether oxygens (including phenoxy) is 1. The fourth-order valence-corrected chi connectivity index (χ4v) is 2.51. The summed E-state index contributed by atoms with van der Waals surface area (Å²) in [5.74, 6) is 0. The number of nitriles is 1. The first-order chi connectivity index (χ1) is 9.83. The zero-order valence-electron chi connectivity index (χ0n) is 11.4. The number of aryl methyl sites for hydroxylation is 1. The SMILES string of the molecule is CCc1ccc(-n2nnc(C#N)c2C2CCCO2)cc1. The van der Waals surface area contributed by atoms with E-state index in [1.165, 1.54) is 5.56 Å². The lowest BCUT2D eigenvalue weighted by atomic mass is 10.1. The summed E-state index contributed by atoms with van der Waals surface area (Å²) in [5.41, 5.74) is 3.32. The van der Waals surface area contributed by atoms with E-state index in [4.69, 9.17) is 4.74 Å². The molecule has 0 saturated carbocycles. The van der Waals surface area contributed by atoms with Crippen LogP contribution in [0.25, 0.3) is 5.69 Å². The Hall–Kier alpha value is -2.19. The molecule has 102 valence electrons. The Morgan fingerprint density at radius 2 is 2.20 bits per heavy atom. The Morgan fingerprint density at radius 1 is 1.40 bits per heavy atom. The Bertz CT molecular complexity index is 633. The monoisotopic (exact) mass is 268 g/mol. The van der Waals surface area contributed by atoms with Gasteiger partial charge in [-0.15, -0.1) is 5.10 Å². The maximum Gasteiger partial charge on any atom is 0.189 e. The molecule has 1 atom stereocenters. The molecule has 0 amide bonds. The van der Waals surface area contributed by atoms with Gasteiger partial charge in [-0.25, -0.2) is 4.68 Å². The molecular formula is C15H16N4O. The molecule has 0 aliphatic carbocycles. The van der Waals surface area contributed by atoms with Gasteiger partial charge in [-0.3, -0.25) is 0 Å². The number of benzene rings is 1. The summed E-state index contributed by atoms with van der Waals surface area (Å²) in [6, 6.07) is 10.3. The van der Waals surface area contributed by atoms with Crippen LogP contribution < -0.4 is 0 Å². The number of hydrogen-bond acceptors (Lipinski definition) is 4. The van der Waals surface area contributed by atoms with Gasteiger partial charge in [0.2, 0.25) is 0 Å². The van der Waals surface area contributed by atoms with Gasteiger partial charge in [-0.05, 0) is 37.0 Å². The summed E-state index contributed by atoms with van der Waals surface area (Å²) in [7, 11) is 0. The molecule has 1 aliphatic heterocycles. The molecule has 2 aromatic rings. The Kier molecular flexibility index (Phi) is 3.48. The molecule has 1 fully saturated rings. The molecule has 1 aliphatic rings. The van der Waals surface area contributed by atoms with E-state index in [0.717, 1.165) is 37.3 Å². The Labute approximate surface area is 117 Å². The van der Waals surface area contributed by atoms with Gasteiger partial charge >= 0.3 is 0 Å². The highest BCUT2D eigenvalue weighted by Crippen LogP contribution is 2.31. The van der Waals surface area contributed by atoms with Crippen LogP contribution >= 0.6 is 0 Å². The Balaban J connectivity index is 2.04. The summed E-state index contributed by atoms with van der Waals surface area (Å²) in [4.78, 5) is 0. The molecule has 2 heterocycles. The van der Waals surface area contributed by atoms with Crippen LogP contribution in [0.1, 0.15) is 42.8 Å². The van der Waals surface area contributed by atoms with E-state index in [2.05, 4.69) is 35.4 Å². The quantitative estimate of drug-likeness (QED) is 0.858. The summed E-state index contributed by atoms with van der Waals surface area (Å²) in [5, 5.41) is 17.3. The van der Waals surface area contributed by atoms with Crippen LogP contribution in [0.3, 0.4) is 0 Å². The largest absolute Gasteiger partial charge is 0.372 e. The van der Waals surface area contributed by atoms with Gasteiger partial charge in [0.1, 0.15) is 17.9 Å². The van der Waals surface area contributed by atoms with E-state index in [-0.39, 0.29) is 6.10 Å². The van der Waals surface area contributed by atoms with Gasteiger partial charge in [0.05, 0.1) is 5.69 Å². The summed E-state index contributed by atoms with van der Waals surface area (Å²) in [6.45, 7) is 2.85. The highest BCUT2D eigenvalue weighted by atomic mass is 16.5. The lowest BCUT2D eigenvalue weighted by molar-refractivity contribution is 0.106. The van der Waals surface area contributed by atoms with Crippen molar-refractivity contribution in [3.8, 4) is 11.8 Å². The van der Waals surface area contributed by atoms with Gasteiger partial charge in [0.15, 0.2) is 5.69 Å². The van der Waals surface area contributed by atoms with E-state index in [1.807, 2.05) is 12.1 Å². The normalized spacial score (nSPS) is 18.1. The van der Waals surface area contributed by atoms with Gasteiger partial charge in [-0.1, -0.05) is 24.3 Å². The molecule has 1 aromatic heterocycles. The third-order valence-electron chi connectivity index (χ3n) is 3.63. The van der Waals surface area contributed by atoms with E-state index < -0.39 is 0 Å². The first kappa shape index (κ1) is 12.8. The summed E-state index contributed by atoms with van der Waals surface area (Å²) >= 11 is 0. The minimum Gasteiger partial charge on any atom is -0.372 e. The minimum absolute atomic E-state index is 0.0782. The second-order valence-corrected chi connectivity index (χ2v) is 4.87. The number of hydrogen-bond donors (Lipinski definition) is 0. The van der Waals surface area contributed by atoms with Crippen molar-refractivity contribution in [2.24, 2.45) is 0 Å². The van der Waals surface area contributed by atoms with Crippen molar-refractivity contribution in [2.45, 2.75) is 32.3 Å².